The summed E-state index contributed by atoms with van der Waals surface area (Å²) in [6.45, 7) is 11.9. The summed E-state index contributed by atoms with van der Waals surface area (Å²) in [5.41, 5.74) is 2.63. The topological polar surface area (TPSA) is 40.5 Å². The number of benzene rings is 1. The minimum Gasteiger partial charge on any atom is -0.493 e. The quantitative estimate of drug-likeness (QED) is 0.752. The number of esters is 1. The molecule has 0 spiro atoms. The molecule has 0 aliphatic heterocycles. The minimum atomic E-state index is -0.266. The summed E-state index contributed by atoms with van der Waals surface area (Å²) in [6.07, 6.45) is 0. The second kappa shape index (κ2) is 6.86. The van der Waals surface area contributed by atoms with Crippen molar-refractivity contribution in [3.63, 3.8) is 0 Å². The van der Waals surface area contributed by atoms with Crippen LogP contribution in [0.3, 0.4) is 0 Å². The lowest BCUT2D eigenvalue weighted by atomic mass is 10.1. The second-order valence-corrected chi connectivity index (χ2v) is 5.81. The van der Waals surface area contributed by atoms with E-state index in [2.05, 4.69) is 25.3 Å². The number of aromatic nitrogens is 1. The zero-order valence-corrected chi connectivity index (χ0v) is 14.1. The first-order valence-electron chi connectivity index (χ1n) is 7.92. The summed E-state index contributed by atoms with van der Waals surface area (Å²) in [5, 5.41) is 0.902. The van der Waals surface area contributed by atoms with Crippen molar-refractivity contribution in [1.29, 1.82) is 0 Å². The Bertz CT molecular complexity index is 671. The average Bonchev–Trinajstić information content (AvgIpc) is 2.76. The number of carbonyl (C=O) groups excluding carboxylic acids is 1. The Labute approximate surface area is 132 Å². The lowest BCUT2D eigenvalue weighted by Crippen LogP contribution is -2.07. The van der Waals surface area contributed by atoms with Crippen LogP contribution < -0.4 is 4.74 Å². The lowest BCUT2D eigenvalue weighted by Gasteiger charge is -2.09. The molecule has 4 heteroatoms. The zero-order valence-electron chi connectivity index (χ0n) is 14.1. The van der Waals surface area contributed by atoms with Gasteiger partial charge in [0.15, 0.2) is 0 Å². The van der Waals surface area contributed by atoms with Crippen molar-refractivity contribution in [1.82, 2.24) is 4.57 Å². The second-order valence-electron chi connectivity index (χ2n) is 5.81. The Morgan fingerprint density at radius 2 is 2.00 bits per heavy atom. The van der Waals surface area contributed by atoms with Crippen molar-refractivity contribution in [3.8, 4) is 5.75 Å². The van der Waals surface area contributed by atoms with E-state index in [4.69, 9.17) is 9.47 Å². The number of ether oxygens (including phenoxy) is 2. The maximum Gasteiger partial charge on any atom is 0.340 e. The first kappa shape index (κ1) is 16.4. The number of rotatable bonds is 6. The van der Waals surface area contributed by atoms with Crippen LogP contribution in [-0.4, -0.2) is 23.8 Å². The number of hydrogen-bond donors (Lipinski definition) is 0. The van der Waals surface area contributed by atoms with Gasteiger partial charge in [-0.15, -0.1) is 0 Å². The van der Waals surface area contributed by atoms with Gasteiger partial charge >= 0.3 is 5.97 Å². The van der Waals surface area contributed by atoms with Crippen molar-refractivity contribution in [2.75, 3.05) is 13.2 Å². The van der Waals surface area contributed by atoms with Crippen molar-refractivity contribution in [2.24, 2.45) is 5.92 Å². The Balaban J connectivity index is 2.53. The van der Waals surface area contributed by atoms with Gasteiger partial charge in [-0.25, -0.2) is 4.79 Å². The van der Waals surface area contributed by atoms with E-state index in [1.807, 2.05) is 32.0 Å². The monoisotopic (exact) mass is 303 g/mol. The smallest absolute Gasteiger partial charge is 0.340 e. The minimum absolute atomic E-state index is 0.266. The van der Waals surface area contributed by atoms with Crippen LogP contribution in [0.1, 0.15) is 43.7 Å². The van der Waals surface area contributed by atoms with E-state index in [0.29, 0.717) is 24.7 Å². The van der Waals surface area contributed by atoms with Gasteiger partial charge in [0.1, 0.15) is 5.75 Å². The Morgan fingerprint density at radius 1 is 1.27 bits per heavy atom. The molecule has 2 aromatic rings. The standard InChI is InChI=1S/C18H25NO3/c1-6-19-13(5)17(18(20)21-7-2)15-10-14(8-9-16(15)19)22-11-12(3)4/h8-10,12H,6-7,11H2,1-5H3. The van der Waals surface area contributed by atoms with Gasteiger partial charge < -0.3 is 14.0 Å². The maximum atomic E-state index is 12.3. The molecule has 0 fully saturated rings. The molecule has 0 aliphatic carbocycles. The predicted molar refractivity (Wildman–Crippen MR) is 88.6 cm³/mol. The maximum absolute atomic E-state index is 12.3. The zero-order chi connectivity index (χ0) is 16.3. The Morgan fingerprint density at radius 3 is 2.59 bits per heavy atom. The van der Waals surface area contributed by atoms with Crippen LogP contribution >= 0.6 is 0 Å². The van der Waals surface area contributed by atoms with E-state index >= 15 is 0 Å². The number of nitrogens with zero attached hydrogens (tertiary/aromatic N) is 1. The number of fused-ring (bicyclic) bond motifs is 1. The highest BCUT2D eigenvalue weighted by Crippen LogP contribution is 2.30. The molecule has 1 heterocycles. The van der Waals surface area contributed by atoms with E-state index < -0.39 is 0 Å². The molecule has 2 rings (SSSR count). The van der Waals surface area contributed by atoms with E-state index in [-0.39, 0.29) is 5.97 Å². The third-order valence-corrected chi connectivity index (χ3v) is 3.67. The Hall–Kier alpha value is -1.97. The third-order valence-electron chi connectivity index (χ3n) is 3.67. The van der Waals surface area contributed by atoms with Crippen LogP contribution in [0.5, 0.6) is 5.75 Å². The van der Waals surface area contributed by atoms with Crippen LogP contribution in [-0.2, 0) is 11.3 Å². The summed E-state index contributed by atoms with van der Waals surface area (Å²) in [6, 6.07) is 5.93. The van der Waals surface area contributed by atoms with Gasteiger partial charge in [-0.2, -0.15) is 0 Å². The molecule has 0 bridgehead atoms. The highest BCUT2D eigenvalue weighted by molar-refractivity contribution is 6.06. The molecule has 0 N–H and O–H groups in total. The average molecular weight is 303 g/mol. The number of carbonyl (C=O) groups is 1. The summed E-state index contributed by atoms with van der Waals surface area (Å²) >= 11 is 0. The first-order valence-corrected chi connectivity index (χ1v) is 7.92. The molecule has 1 aromatic carbocycles. The van der Waals surface area contributed by atoms with E-state index in [9.17, 15) is 4.79 Å². The summed E-state index contributed by atoms with van der Waals surface area (Å²) in [5.74, 6) is 0.986. The van der Waals surface area contributed by atoms with E-state index in [1.165, 1.54) is 0 Å². The lowest BCUT2D eigenvalue weighted by molar-refractivity contribution is 0.0527. The molecule has 1 aromatic heterocycles. The SMILES string of the molecule is CCOC(=O)c1c(C)n(CC)c2ccc(OCC(C)C)cc12. The highest BCUT2D eigenvalue weighted by atomic mass is 16.5. The number of hydrogen-bond acceptors (Lipinski definition) is 3. The van der Waals surface area contributed by atoms with Gasteiger partial charge in [0.05, 0.1) is 18.8 Å². The van der Waals surface area contributed by atoms with Crippen molar-refractivity contribution >= 4 is 16.9 Å². The summed E-state index contributed by atoms with van der Waals surface area (Å²) in [4.78, 5) is 12.3. The van der Waals surface area contributed by atoms with Crippen LogP contribution in [0.4, 0.5) is 0 Å². The molecule has 0 amide bonds. The summed E-state index contributed by atoms with van der Waals surface area (Å²) < 4.78 is 13.1. The highest BCUT2D eigenvalue weighted by Gasteiger charge is 2.20. The molecule has 0 unspecified atom stereocenters. The third kappa shape index (κ3) is 3.11. The van der Waals surface area contributed by atoms with Gasteiger partial charge in [-0.1, -0.05) is 13.8 Å². The van der Waals surface area contributed by atoms with Gasteiger partial charge in [0.25, 0.3) is 0 Å². The van der Waals surface area contributed by atoms with Crippen LogP contribution in [0.2, 0.25) is 0 Å². The molecule has 4 nitrogen and oxygen atoms in total. The Kier molecular flexibility index (Phi) is 5.11. The molecule has 0 radical (unpaired) electrons. The number of aryl methyl sites for hydroxylation is 1. The molecule has 0 saturated heterocycles. The molecular weight excluding hydrogens is 278 g/mol. The van der Waals surface area contributed by atoms with Crippen LogP contribution in [0.25, 0.3) is 10.9 Å². The van der Waals surface area contributed by atoms with Crippen molar-refractivity contribution in [2.45, 2.75) is 41.2 Å². The van der Waals surface area contributed by atoms with Crippen LogP contribution in [0.15, 0.2) is 18.2 Å². The van der Waals surface area contributed by atoms with Gasteiger partial charge in [-0.05, 0) is 44.9 Å². The summed E-state index contributed by atoms with van der Waals surface area (Å²) in [7, 11) is 0. The molecule has 0 atom stereocenters. The van der Waals surface area contributed by atoms with Crippen molar-refractivity contribution < 1.29 is 14.3 Å². The fourth-order valence-corrected chi connectivity index (χ4v) is 2.68. The fraction of sp³-hybridized carbons (Fsp3) is 0.500. The van der Waals surface area contributed by atoms with Gasteiger partial charge in [0, 0.05) is 23.1 Å². The molecule has 120 valence electrons. The fourth-order valence-electron chi connectivity index (χ4n) is 2.68. The van der Waals surface area contributed by atoms with Gasteiger partial charge in [-0.3, -0.25) is 0 Å². The largest absolute Gasteiger partial charge is 0.493 e. The van der Waals surface area contributed by atoms with E-state index in [0.717, 1.165) is 28.9 Å². The van der Waals surface area contributed by atoms with Crippen molar-refractivity contribution in [3.05, 3.63) is 29.5 Å². The molecule has 22 heavy (non-hydrogen) atoms. The first-order chi connectivity index (χ1) is 10.5. The molecule has 0 saturated carbocycles. The van der Waals surface area contributed by atoms with Gasteiger partial charge in [0.2, 0.25) is 0 Å². The van der Waals surface area contributed by atoms with Crippen LogP contribution in [0, 0.1) is 12.8 Å². The molecule has 0 aliphatic rings. The van der Waals surface area contributed by atoms with E-state index in [1.54, 1.807) is 0 Å². The predicted octanol–water partition coefficient (Wildman–Crippen LogP) is 4.18. The normalized spacial score (nSPS) is 11.2. The molecular formula is C18H25NO3.